The van der Waals surface area contributed by atoms with Crippen LogP contribution in [0.1, 0.15) is 17.0 Å². The summed E-state index contributed by atoms with van der Waals surface area (Å²) in [5.74, 6) is 0.569. The normalized spacial score (nSPS) is 10.8. The lowest BCUT2D eigenvalue weighted by Crippen LogP contribution is -2.24. The monoisotopic (exact) mass is 314 g/mol. The molecule has 1 N–H and O–H groups in total. The van der Waals surface area contributed by atoms with Crippen LogP contribution >= 0.6 is 11.6 Å². The van der Waals surface area contributed by atoms with Gasteiger partial charge in [-0.15, -0.1) is 0 Å². The van der Waals surface area contributed by atoms with E-state index in [1.165, 1.54) is 0 Å². The van der Waals surface area contributed by atoms with Crippen LogP contribution in [0.25, 0.3) is 11.1 Å². The van der Waals surface area contributed by atoms with E-state index in [2.05, 4.69) is 10.3 Å². The predicted molar refractivity (Wildman–Crippen MR) is 85.7 cm³/mol. The summed E-state index contributed by atoms with van der Waals surface area (Å²) in [7, 11) is 0. The highest BCUT2D eigenvalue weighted by Crippen LogP contribution is 2.17. The van der Waals surface area contributed by atoms with Gasteiger partial charge in [0.25, 0.3) is 0 Å². The Bertz CT molecular complexity index is 826. The summed E-state index contributed by atoms with van der Waals surface area (Å²) in [5.41, 5.74) is 3.36. The molecule has 4 nitrogen and oxygen atoms in total. The molecular weight excluding hydrogens is 300 g/mol. The van der Waals surface area contributed by atoms with Crippen molar-refractivity contribution in [1.29, 1.82) is 0 Å². The zero-order valence-electron chi connectivity index (χ0n) is 12.1. The molecule has 112 valence electrons. The largest absolute Gasteiger partial charge is 0.441 e. The van der Waals surface area contributed by atoms with Crippen LogP contribution in [-0.4, -0.2) is 10.9 Å². The summed E-state index contributed by atoms with van der Waals surface area (Å²) in [4.78, 5) is 16.3. The fraction of sp³-hybridized carbons (Fsp3) is 0.176. The summed E-state index contributed by atoms with van der Waals surface area (Å²) >= 11 is 6.05. The minimum absolute atomic E-state index is 0.0652. The number of amides is 1. The Kier molecular flexibility index (Phi) is 4.11. The number of hydrogen-bond donors (Lipinski definition) is 1. The lowest BCUT2D eigenvalue weighted by atomic mass is 10.1. The number of nitrogens with one attached hydrogen (secondary N) is 1. The number of oxazole rings is 1. The summed E-state index contributed by atoms with van der Waals surface area (Å²) < 4.78 is 5.43. The van der Waals surface area contributed by atoms with E-state index in [-0.39, 0.29) is 12.3 Å². The zero-order chi connectivity index (χ0) is 15.5. The van der Waals surface area contributed by atoms with Gasteiger partial charge in [0.1, 0.15) is 5.52 Å². The van der Waals surface area contributed by atoms with E-state index in [4.69, 9.17) is 16.0 Å². The molecule has 1 heterocycles. The molecule has 0 radical (unpaired) electrons. The second-order valence-corrected chi connectivity index (χ2v) is 5.49. The maximum Gasteiger partial charge on any atom is 0.224 e. The average Bonchev–Trinajstić information content (AvgIpc) is 2.87. The number of carbonyl (C=O) groups excluding carboxylic acids is 1. The lowest BCUT2D eigenvalue weighted by molar-refractivity contribution is -0.120. The van der Waals surface area contributed by atoms with Gasteiger partial charge >= 0.3 is 0 Å². The molecule has 0 unspecified atom stereocenters. The minimum Gasteiger partial charge on any atom is -0.441 e. The highest BCUT2D eigenvalue weighted by Gasteiger charge is 2.07. The Morgan fingerprint density at radius 3 is 2.91 bits per heavy atom. The third-order valence-corrected chi connectivity index (χ3v) is 3.73. The molecule has 0 atom stereocenters. The van der Waals surface area contributed by atoms with Crippen molar-refractivity contribution in [3.8, 4) is 0 Å². The van der Waals surface area contributed by atoms with Crippen LogP contribution < -0.4 is 5.32 Å². The molecule has 3 rings (SSSR count). The number of benzene rings is 2. The third-order valence-electron chi connectivity index (χ3n) is 3.36. The first-order valence-electron chi connectivity index (χ1n) is 6.98. The number of aromatic nitrogens is 1. The average molecular weight is 315 g/mol. The Balaban J connectivity index is 1.63. The highest BCUT2D eigenvalue weighted by molar-refractivity contribution is 6.31. The van der Waals surface area contributed by atoms with Crippen molar-refractivity contribution in [2.75, 3.05) is 0 Å². The number of rotatable bonds is 4. The van der Waals surface area contributed by atoms with Crippen molar-refractivity contribution in [2.45, 2.75) is 19.9 Å². The van der Waals surface area contributed by atoms with Crippen molar-refractivity contribution < 1.29 is 9.21 Å². The third kappa shape index (κ3) is 3.28. The number of fused-ring (bicyclic) bond motifs is 1. The number of carbonyl (C=O) groups is 1. The maximum atomic E-state index is 12.0. The Labute approximate surface area is 133 Å². The molecule has 2 aromatic carbocycles. The molecule has 0 fully saturated rings. The molecule has 0 saturated carbocycles. The second-order valence-electron chi connectivity index (χ2n) is 5.08. The second kappa shape index (κ2) is 6.20. The molecular formula is C17H15ClN2O2. The van der Waals surface area contributed by atoms with Crippen LogP contribution in [0.2, 0.25) is 5.02 Å². The van der Waals surface area contributed by atoms with Gasteiger partial charge in [0.15, 0.2) is 11.5 Å². The van der Waals surface area contributed by atoms with Gasteiger partial charge in [0, 0.05) is 18.5 Å². The van der Waals surface area contributed by atoms with Gasteiger partial charge in [-0.3, -0.25) is 4.79 Å². The van der Waals surface area contributed by atoms with E-state index >= 15 is 0 Å². The van der Waals surface area contributed by atoms with Gasteiger partial charge in [-0.05, 0) is 29.3 Å². The fourth-order valence-electron chi connectivity index (χ4n) is 2.28. The number of halogens is 1. The van der Waals surface area contributed by atoms with E-state index in [0.29, 0.717) is 17.5 Å². The smallest absolute Gasteiger partial charge is 0.224 e. The molecule has 5 heteroatoms. The number of hydrogen-bond acceptors (Lipinski definition) is 3. The summed E-state index contributed by atoms with van der Waals surface area (Å²) in [6, 6.07) is 13.1. The summed E-state index contributed by atoms with van der Waals surface area (Å²) in [6.45, 7) is 2.26. The Morgan fingerprint density at radius 2 is 2.09 bits per heavy atom. The van der Waals surface area contributed by atoms with Crippen LogP contribution in [-0.2, 0) is 17.8 Å². The van der Waals surface area contributed by atoms with Crippen molar-refractivity contribution in [2.24, 2.45) is 0 Å². The number of nitrogens with zero attached hydrogens (tertiary/aromatic N) is 1. The van der Waals surface area contributed by atoms with Gasteiger partial charge in [-0.2, -0.15) is 0 Å². The molecule has 0 aliphatic heterocycles. The molecule has 0 aliphatic carbocycles. The first-order chi connectivity index (χ1) is 10.6. The molecule has 1 amide bonds. The molecule has 0 bridgehead atoms. The van der Waals surface area contributed by atoms with E-state index in [1.807, 2.05) is 43.3 Å². The van der Waals surface area contributed by atoms with Crippen molar-refractivity contribution in [1.82, 2.24) is 10.3 Å². The maximum absolute atomic E-state index is 12.0. The van der Waals surface area contributed by atoms with Crippen LogP contribution in [0.4, 0.5) is 0 Å². The fourth-order valence-corrected chi connectivity index (χ4v) is 2.48. The van der Waals surface area contributed by atoms with E-state index in [9.17, 15) is 4.79 Å². The van der Waals surface area contributed by atoms with E-state index in [1.54, 1.807) is 6.07 Å². The Morgan fingerprint density at radius 1 is 1.27 bits per heavy atom. The van der Waals surface area contributed by atoms with Crippen LogP contribution in [0, 0.1) is 6.92 Å². The van der Waals surface area contributed by atoms with Crippen molar-refractivity contribution >= 4 is 28.6 Å². The molecule has 0 aliphatic rings. The van der Waals surface area contributed by atoms with Gasteiger partial charge in [0.2, 0.25) is 5.91 Å². The molecule has 1 aromatic heterocycles. The van der Waals surface area contributed by atoms with Gasteiger partial charge in [-0.1, -0.05) is 35.9 Å². The van der Waals surface area contributed by atoms with Gasteiger partial charge in [0.05, 0.1) is 6.42 Å². The van der Waals surface area contributed by atoms with E-state index < -0.39 is 0 Å². The van der Waals surface area contributed by atoms with Crippen LogP contribution in [0.5, 0.6) is 0 Å². The molecule has 0 saturated heterocycles. The van der Waals surface area contributed by atoms with Crippen LogP contribution in [0.3, 0.4) is 0 Å². The first kappa shape index (κ1) is 14.6. The van der Waals surface area contributed by atoms with Crippen molar-refractivity contribution in [3.05, 3.63) is 64.5 Å². The summed E-state index contributed by atoms with van der Waals surface area (Å²) in [6.07, 6.45) is 0.269. The zero-order valence-corrected chi connectivity index (χ0v) is 12.9. The number of aryl methyl sites for hydroxylation is 1. The van der Waals surface area contributed by atoms with Gasteiger partial charge < -0.3 is 9.73 Å². The predicted octanol–water partition coefficient (Wildman–Crippen LogP) is 3.65. The molecule has 3 aromatic rings. The van der Waals surface area contributed by atoms with Crippen molar-refractivity contribution in [3.63, 3.8) is 0 Å². The molecule has 0 spiro atoms. The topological polar surface area (TPSA) is 55.1 Å². The summed E-state index contributed by atoms with van der Waals surface area (Å²) in [5, 5.41) is 3.50. The van der Waals surface area contributed by atoms with Crippen LogP contribution in [0.15, 0.2) is 46.9 Å². The quantitative estimate of drug-likeness (QED) is 0.799. The Hall–Kier alpha value is -2.33. The van der Waals surface area contributed by atoms with E-state index in [0.717, 1.165) is 22.2 Å². The highest BCUT2D eigenvalue weighted by atomic mass is 35.5. The SMILES string of the molecule is Cc1nc2cc(CNC(=O)Cc3ccccc3Cl)ccc2o1. The molecule has 22 heavy (non-hydrogen) atoms. The standard InChI is InChI=1S/C17H15ClN2O2/c1-11-20-15-8-12(6-7-16(15)22-11)10-19-17(21)9-13-4-2-3-5-14(13)18/h2-8H,9-10H2,1H3,(H,19,21). The van der Waals surface area contributed by atoms with Gasteiger partial charge in [-0.25, -0.2) is 4.98 Å². The minimum atomic E-state index is -0.0652. The lowest BCUT2D eigenvalue weighted by Gasteiger charge is -2.06. The first-order valence-corrected chi connectivity index (χ1v) is 7.36.